The van der Waals surface area contributed by atoms with E-state index >= 15 is 0 Å². The van der Waals surface area contributed by atoms with Crippen LogP contribution >= 0.6 is 0 Å². The molecule has 0 aliphatic heterocycles. The summed E-state index contributed by atoms with van der Waals surface area (Å²) >= 11 is 0. The fourth-order valence-electron chi connectivity index (χ4n) is 2.42. The smallest absolute Gasteiger partial charge is 0.0426 e. The molecule has 2 aromatic rings. The molecule has 1 N–H and O–H groups in total. The lowest BCUT2D eigenvalue weighted by Gasteiger charge is -2.20. The van der Waals surface area contributed by atoms with Crippen LogP contribution in [-0.2, 0) is 6.54 Å². The molecule has 106 valence electrons. The van der Waals surface area contributed by atoms with Gasteiger partial charge in [-0.15, -0.1) is 0 Å². The van der Waals surface area contributed by atoms with Crippen LogP contribution in [0.2, 0.25) is 0 Å². The number of para-hydroxylation sites is 1. The average Bonchev–Trinajstić information content (AvgIpc) is 2.49. The minimum Gasteiger partial charge on any atom is -0.370 e. The molecule has 2 nitrogen and oxygen atoms in total. The van der Waals surface area contributed by atoms with Crippen LogP contribution in [0.1, 0.15) is 24.0 Å². The molecule has 0 fully saturated rings. The Morgan fingerprint density at radius 1 is 1.00 bits per heavy atom. The number of nitrogens with one attached hydrogen (secondary N) is 1. The highest BCUT2D eigenvalue weighted by Gasteiger charge is 2.05. The van der Waals surface area contributed by atoms with Crippen molar-refractivity contribution < 1.29 is 0 Å². The fourth-order valence-corrected chi connectivity index (χ4v) is 2.42. The third kappa shape index (κ3) is 3.84. The summed E-state index contributed by atoms with van der Waals surface area (Å²) in [6.07, 6.45) is 0. The zero-order valence-electron chi connectivity index (χ0n) is 12.6. The molecular formula is C18H24N2. The van der Waals surface area contributed by atoms with Crippen molar-refractivity contribution in [1.29, 1.82) is 0 Å². The highest BCUT2D eigenvalue weighted by molar-refractivity contribution is 5.45. The molecule has 2 aromatic carbocycles. The van der Waals surface area contributed by atoms with Gasteiger partial charge in [0, 0.05) is 25.8 Å². The highest BCUT2D eigenvalue weighted by atomic mass is 15.1. The topological polar surface area (TPSA) is 15.3 Å². The largest absolute Gasteiger partial charge is 0.370 e. The van der Waals surface area contributed by atoms with E-state index in [0.717, 1.165) is 13.1 Å². The Kier molecular flexibility index (Phi) is 5.19. The summed E-state index contributed by atoms with van der Waals surface area (Å²) in [6, 6.07) is 19.5. The van der Waals surface area contributed by atoms with E-state index in [1.165, 1.54) is 16.8 Å². The molecular weight excluding hydrogens is 244 g/mol. The molecule has 0 heterocycles. The van der Waals surface area contributed by atoms with E-state index in [-0.39, 0.29) is 0 Å². The van der Waals surface area contributed by atoms with Crippen LogP contribution < -0.4 is 10.2 Å². The minimum atomic E-state index is 0.556. The summed E-state index contributed by atoms with van der Waals surface area (Å²) in [7, 11) is 4.13. The third-order valence-electron chi connectivity index (χ3n) is 3.68. The molecule has 0 radical (unpaired) electrons. The first kappa shape index (κ1) is 14.6. The quantitative estimate of drug-likeness (QED) is 0.860. The summed E-state index contributed by atoms with van der Waals surface area (Å²) < 4.78 is 0. The van der Waals surface area contributed by atoms with E-state index in [0.29, 0.717) is 5.92 Å². The minimum absolute atomic E-state index is 0.556. The van der Waals surface area contributed by atoms with Crippen molar-refractivity contribution in [1.82, 2.24) is 5.32 Å². The molecule has 0 spiro atoms. The van der Waals surface area contributed by atoms with E-state index in [4.69, 9.17) is 0 Å². The van der Waals surface area contributed by atoms with Gasteiger partial charge in [0.2, 0.25) is 0 Å². The van der Waals surface area contributed by atoms with Crippen molar-refractivity contribution in [2.45, 2.75) is 19.4 Å². The predicted molar refractivity (Wildman–Crippen MR) is 87.3 cm³/mol. The number of likely N-dealkylation sites (N-methyl/N-ethyl adjacent to an activating group) is 1. The van der Waals surface area contributed by atoms with Gasteiger partial charge in [-0.05, 0) is 36.2 Å². The van der Waals surface area contributed by atoms with Crippen molar-refractivity contribution in [2.24, 2.45) is 0 Å². The van der Waals surface area contributed by atoms with E-state index < -0.39 is 0 Å². The third-order valence-corrected chi connectivity index (χ3v) is 3.68. The molecule has 0 saturated carbocycles. The normalized spacial score (nSPS) is 12.2. The second kappa shape index (κ2) is 7.11. The molecule has 0 bridgehead atoms. The summed E-state index contributed by atoms with van der Waals surface area (Å²) in [5.41, 5.74) is 3.99. The van der Waals surface area contributed by atoms with Crippen LogP contribution in [0.3, 0.4) is 0 Å². The van der Waals surface area contributed by atoms with E-state index in [9.17, 15) is 0 Å². The molecule has 0 aromatic heterocycles. The number of hydrogen-bond acceptors (Lipinski definition) is 2. The fraction of sp³-hybridized carbons (Fsp3) is 0.333. The molecule has 1 atom stereocenters. The Morgan fingerprint density at radius 3 is 2.25 bits per heavy atom. The second-order valence-electron chi connectivity index (χ2n) is 5.39. The van der Waals surface area contributed by atoms with Crippen molar-refractivity contribution >= 4 is 5.69 Å². The highest BCUT2D eigenvalue weighted by Crippen LogP contribution is 2.18. The van der Waals surface area contributed by atoms with Crippen molar-refractivity contribution in [3.05, 3.63) is 65.7 Å². The van der Waals surface area contributed by atoms with Crippen LogP contribution in [0, 0.1) is 0 Å². The number of anilines is 1. The van der Waals surface area contributed by atoms with Gasteiger partial charge in [0.15, 0.2) is 0 Å². The van der Waals surface area contributed by atoms with Gasteiger partial charge in [0.1, 0.15) is 0 Å². The maximum atomic E-state index is 3.23. The lowest BCUT2D eigenvalue weighted by atomic mass is 10.00. The van der Waals surface area contributed by atoms with E-state index in [2.05, 4.69) is 78.8 Å². The molecule has 2 heteroatoms. The van der Waals surface area contributed by atoms with Gasteiger partial charge < -0.3 is 10.2 Å². The Balaban J connectivity index is 2.00. The zero-order valence-corrected chi connectivity index (χ0v) is 12.6. The van der Waals surface area contributed by atoms with Gasteiger partial charge in [-0.1, -0.05) is 49.4 Å². The van der Waals surface area contributed by atoms with Crippen LogP contribution in [0.5, 0.6) is 0 Å². The zero-order chi connectivity index (χ0) is 14.4. The molecule has 0 amide bonds. The maximum absolute atomic E-state index is 3.23. The first-order valence-electron chi connectivity index (χ1n) is 7.20. The maximum Gasteiger partial charge on any atom is 0.0426 e. The monoisotopic (exact) mass is 268 g/mol. The number of hydrogen-bond donors (Lipinski definition) is 1. The Bertz CT molecular complexity index is 505. The van der Waals surface area contributed by atoms with Gasteiger partial charge in [-0.25, -0.2) is 0 Å². The van der Waals surface area contributed by atoms with Gasteiger partial charge in [0.05, 0.1) is 0 Å². The Morgan fingerprint density at radius 2 is 1.65 bits per heavy atom. The Labute approximate surface area is 122 Å². The SMILES string of the molecule is CNCC(C)c1ccc(CN(C)c2ccccc2)cc1. The van der Waals surface area contributed by atoms with Gasteiger partial charge in [-0.3, -0.25) is 0 Å². The number of benzene rings is 2. The van der Waals surface area contributed by atoms with Crippen LogP contribution in [0.4, 0.5) is 5.69 Å². The van der Waals surface area contributed by atoms with Crippen LogP contribution in [0.15, 0.2) is 54.6 Å². The van der Waals surface area contributed by atoms with Crippen LogP contribution in [-0.4, -0.2) is 20.6 Å². The molecule has 2 rings (SSSR count). The van der Waals surface area contributed by atoms with Gasteiger partial charge >= 0.3 is 0 Å². The summed E-state index contributed by atoms with van der Waals surface area (Å²) in [4.78, 5) is 2.27. The second-order valence-corrected chi connectivity index (χ2v) is 5.39. The van der Waals surface area contributed by atoms with Gasteiger partial charge in [0.25, 0.3) is 0 Å². The van der Waals surface area contributed by atoms with E-state index in [1.807, 2.05) is 7.05 Å². The van der Waals surface area contributed by atoms with Crippen molar-refractivity contribution in [3.63, 3.8) is 0 Å². The van der Waals surface area contributed by atoms with Crippen molar-refractivity contribution in [3.8, 4) is 0 Å². The standard InChI is InChI=1S/C18H24N2/c1-15(13-19-2)17-11-9-16(10-12-17)14-20(3)18-7-5-4-6-8-18/h4-12,15,19H,13-14H2,1-3H3. The van der Waals surface area contributed by atoms with Crippen molar-refractivity contribution in [2.75, 3.05) is 25.5 Å². The Hall–Kier alpha value is -1.80. The molecule has 0 aliphatic rings. The molecule has 0 saturated heterocycles. The summed E-state index contributed by atoms with van der Waals surface area (Å²) in [5, 5.41) is 3.23. The first-order valence-corrected chi connectivity index (χ1v) is 7.20. The molecule has 0 aliphatic carbocycles. The summed E-state index contributed by atoms with van der Waals surface area (Å²) in [6.45, 7) is 4.20. The number of rotatable bonds is 6. The lowest BCUT2D eigenvalue weighted by Crippen LogP contribution is -2.16. The average molecular weight is 268 g/mol. The number of nitrogens with zero attached hydrogens (tertiary/aromatic N) is 1. The molecule has 1 unspecified atom stereocenters. The lowest BCUT2D eigenvalue weighted by molar-refractivity contribution is 0.677. The van der Waals surface area contributed by atoms with Gasteiger partial charge in [-0.2, -0.15) is 0 Å². The van der Waals surface area contributed by atoms with Crippen LogP contribution in [0.25, 0.3) is 0 Å². The first-order chi connectivity index (χ1) is 9.70. The van der Waals surface area contributed by atoms with E-state index in [1.54, 1.807) is 0 Å². The predicted octanol–water partition coefficient (Wildman–Crippen LogP) is 3.65. The summed E-state index contributed by atoms with van der Waals surface area (Å²) in [5.74, 6) is 0.556. The molecule has 20 heavy (non-hydrogen) atoms.